The van der Waals surface area contributed by atoms with Gasteiger partial charge in [-0.3, -0.25) is 0 Å². The van der Waals surface area contributed by atoms with Crippen LogP contribution in [0.4, 0.5) is 0 Å². The summed E-state index contributed by atoms with van der Waals surface area (Å²) in [6.45, 7) is 7.45. The molecule has 0 aromatic heterocycles. The number of hydrogen-bond acceptors (Lipinski definition) is 3. The lowest BCUT2D eigenvalue weighted by molar-refractivity contribution is 0.0581. The molecule has 0 aromatic carbocycles. The molecule has 2 aliphatic rings. The van der Waals surface area contributed by atoms with Gasteiger partial charge in [0.2, 0.25) is 0 Å². The number of ether oxygens (including phenoxy) is 1. The van der Waals surface area contributed by atoms with E-state index in [1.807, 2.05) is 7.11 Å². The lowest BCUT2D eigenvalue weighted by Gasteiger charge is -2.30. The number of likely N-dealkylation sites (tertiary alicyclic amines) is 1. The van der Waals surface area contributed by atoms with Gasteiger partial charge in [-0.1, -0.05) is 6.92 Å². The molecule has 1 heterocycles. The molecule has 0 spiro atoms. The van der Waals surface area contributed by atoms with Crippen molar-refractivity contribution in [2.45, 2.75) is 57.6 Å². The first-order valence-electron chi connectivity index (χ1n) is 7.76. The first kappa shape index (κ1) is 14.3. The Morgan fingerprint density at radius 2 is 2.00 bits per heavy atom. The average Bonchev–Trinajstić information content (AvgIpc) is 2.89. The van der Waals surface area contributed by atoms with Gasteiger partial charge in [-0.2, -0.15) is 0 Å². The Bertz CT molecular complexity index is 229. The molecule has 0 amide bonds. The molecule has 106 valence electrons. The van der Waals surface area contributed by atoms with Gasteiger partial charge in [0.25, 0.3) is 0 Å². The molecule has 0 bridgehead atoms. The zero-order valence-electron chi connectivity index (χ0n) is 12.2. The van der Waals surface area contributed by atoms with Crippen molar-refractivity contribution >= 4 is 0 Å². The van der Waals surface area contributed by atoms with Crippen LogP contribution >= 0.6 is 0 Å². The predicted molar refractivity (Wildman–Crippen MR) is 75.9 cm³/mol. The van der Waals surface area contributed by atoms with Crippen molar-refractivity contribution in [2.24, 2.45) is 5.92 Å². The minimum atomic E-state index is 0.491. The van der Waals surface area contributed by atoms with Crippen molar-refractivity contribution in [3.8, 4) is 0 Å². The Morgan fingerprint density at radius 1 is 1.22 bits per heavy atom. The molecule has 2 rings (SSSR count). The monoisotopic (exact) mass is 254 g/mol. The Morgan fingerprint density at radius 3 is 2.72 bits per heavy atom. The van der Waals surface area contributed by atoms with E-state index in [-0.39, 0.29) is 0 Å². The normalized spacial score (nSPS) is 31.7. The van der Waals surface area contributed by atoms with Gasteiger partial charge in [-0.25, -0.2) is 0 Å². The fraction of sp³-hybridized carbons (Fsp3) is 1.00. The highest BCUT2D eigenvalue weighted by molar-refractivity contribution is 4.79. The van der Waals surface area contributed by atoms with Crippen LogP contribution < -0.4 is 5.32 Å². The lowest BCUT2D eigenvalue weighted by Crippen LogP contribution is -2.40. The number of hydrogen-bond donors (Lipinski definition) is 1. The summed E-state index contributed by atoms with van der Waals surface area (Å²) in [6, 6.07) is 0.685. The topological polar surface area (TPSA) is 24.5 Å². The van der Waals surface area contributed by atoms with Crippen molar-refractivity contribution in [3.63, 3.8) is 0 Å². The summed E-state index contributed by atoms with van der Waals surface area (Å²) in [5.41, 5.74) is 0. The fourth-order valence-electron chi connectivity index (χ4n) is 3.38. The van der Waals surface area contributed by atoms with E-state index < -0.39 is 0 Å². The summed E-state index contributed by atoms with van der Waals surface area (Å²) < 4.78 is 5.49. The Balaban J connectivity index is 1.61. The summed E-state index contributed by atoms with van der Waals surface area (Å²) in [5.74, 6) is 0.769. The van der Waals surface area contributed by atoms with Crippen LogP contribution in [0, 0.1) is 5.92 Å². The SMILES string of the molecule is COC1CCCC(NCC(C)CN2CCCC2)C1. The number of nitrogens with zero attached hydrogens (tertiary/aromatic N) is 1. The van der Waals surface area contributed by atoms with E-state index in [0.29, 0.717) is 12.1 Å². The third-order valence-electron chi connectivity index (χ3n) is 4.48. The largest absolute Gasteiger partial charge is 0.381 e. The molecule has 2 fully saturated rings. The molecule has 1 saturated carbocycles. The van der Waals surface area contributed by atoms with Crippen LogP contribution in [0.5, 0.6) is 0 Å². The van der Waals surface area contributed by atoms with Gasteiger partial charge >= 0.3 is 0 Å². The van der Waals surface area contributed by atoms with E-state index >= 15 is 0 Å². The van der Waals surface area contributed by atoms with E-state index in [4.69, 9.17) is 4.74 Å². The molecule has 0 aromatic rings. The zero-order valence-corrected chi connectivity index (χ0v) is 12.2. The maximum Gasteiger partial charge on any atom is 0.0586 e. The van der Waals surface area contributed by atoms with E-state index in [1.54, 1.807) is 0 Å². The summed E-state index contributed by atoms with van der Waals surface area (Å²) in [4.78, 5) is 2.62. The van der Waals surface area contributed by atoms with Crippen LogP contribution in [0.25, 0.3) is 0 Å². The Kier molecular flexibility index (Phi) is 5.93. The van der Waals surface area contributed by atoms with Crippen LogP contribution in [-0.2, 0) is 4.74 Å². The van der Waals surface area contributed by atoms with Crippen molar-refractivity contribution < 1.29 is 4.74 Å². The van der Waals surface area contributed by atoms with Gasteiger partial charge in [0.05, 0.1) is 6.10 Å². The highest BCUT2D eigenvalue weighted by atomic mass is 16.5. The minimum absolute atomic E-state index is 0.491. The molecule has 0 radical (unpaired) electrons. The molecule has 1 N–H and O–H groups in total. The minimum Gasteiger partial charge on any atom is -0.381 e. The number of methoxy groups -OCH3 is 1. The first-order chi connectivity index (χ1) is 8.78. The van der Waals surface area contributed by atoms with Crippen LogP contribution in [0.1, 0.15) is 45.4 Å². The fourth-order valence-corrected chi connectivity index (χ4v) is 3.38. The molecule has 18 heavy (non-hydrogen) atoms. The second-order valence-corrected chi connectivity index (χ2v) is 6.24. The number of rotatable bonds is 6. The van der Waals surface area contributed by atoms with Gasteiger partial charge in [0.1, 0.15) is 0 Å². The van der Waals surface area contributed by atoms with Crippen LogP contribution in [0.15, 0.2) is 0 Å². The third-order valence-corrected chi connectivity index (χ3v) is 4.48. The summed E-state index contributed by atoms with van der Waals surface area (Å²) in [6.07, 6.45) is 8.39. The van der Waals surface area contributed by atoms with Gasteiger partial charge in [0, 0.05) is 19.7 Å². The molecule has 3 unspecified atom stereocenters. The van der Waals surface area contributed by atoms with Crippen molar-refractivity contribution in [3.05, 3.63) is 0 Å². The van der Waals surface area contributed by atoms with E-state index in [2.05, 4.69) is 17.1 Å². The molecule has 1 aliphatic carbocycles. The molecule has 1 saturated heterocycles. The molecular weight excluding hydrogens is 224 g/mol. The van der Waals surface area contributed by atoms with Crippen molar-refractivity contribution in [1.29, 1.82) is 0 Å². The van der Waals surface area contributed by atoms with Gasteiger partial charge in [0.15, 0.2) is 0 Å². The quantitative estimate of drug-likeness (QED) is 0.787. The van der Waals surface area contributed by atoms with Gasteiger partial charge in [-0.15, -0.1) is 0 Å². The smallest absolute Gasteiger partial charge is 0.0586 e. The van der Waals surface area contributed by atoms with Crippen molar-refractivity contribution in [1.82, 2.24) is 10.2 Å². The highest BCUT2D eigenvalue weighted by Crippen LogP contribution is 2.20. The molecule has 3 nitrogen and oxygen atoms in total. The summed E-state index contributed by atoms with van der Waals surface area (Å²) in [5, 5.41) is 3.75. The lowest BCUT2D eigenvalue weighted by atomic mass is 9.92. The zero-order chi connectivity index (χ0) is 12.8. The van der Waals surface area contributed by atoms with Crippen LogP contribution in [0.2, 0.25) is 0 Å². The van der Waals surface area contributed by atoms with Crippen molar-refractivity contribution in [2.75, 3.05) is 33.3 Å². The predicted octanol–water partition coefficient (Wildman–Crippen LogP) is 2.27. The Labute approximate surface area is 112 Å². The van der Waals surface area contributed by atoms with E-state index in [9.17, 15) is 0 Å². The number of nitrogens with one attached hydrogen (secondary N) is 1. The van der Waals surface area contributed by atoms with E-state index in [1.165, 1.54) is 58.2 Å². The second kappa shape index (κ2) is 7.46. The second-order valence-electron chi connectivity index (χ2n) is 6.24. The molecule has 1 aliphatic heterocycles. The summed E-state index contributed by atoms with van der Waals surface area (Å²) >= 11 is 0. The third kappa shape index (κ3) is 4.52. The van der Waals surface area contributed by atoms with Crippen LogP contribution in [0.3, 0.4) is 0 Å². The maximum atomic E-state index is 5.49. The Hall–Kier alpha value is -0.120. The standard InChI is InChI=1S/C15H30N2O/c1-13(12-17-8-3-4-9-17)11-16-14-6-5-7-15(10-14)18-2/h13-16H,3-12H2,1-2H3. The average molecular weight is 254 g/mol. The van der Waals surface area contributed by atoms with Gasteiger partial charge in [-0.05, 0) is 64.1 Å². The van der Waals surface area contributed by atoms with Crippen LogP contribution in [-0.4, -0.2) is 50.3 Å². The highest BCUT2D eigenvalue weighted by Gasteiger charge is 2.22. The molecule has 3 heteroatoms. The van der Waals surface area contributed by atoms with E-state index in [0.717, 1.165) is 12.5 Å². The molecular formula is C15H30N2O. The maximum absolute atomic E-state index is 5.49. The molecule has 3 atom stereocenters. The summed E-state index contributed by atoms with van der Waals surface area (Å²) in [7, 11) is 1.85. The van der Waals surface area contributed by atoms with Gasteiger partial charge < -0.3 is 15.0 Å². The first-order valence-corrected chi connectivity index (χ1v) is 7.76.